The molecule has 0 amide bonds. The molecule has 3 N–H and O–H groups in total. The zero-order valence-electron chi connectivity index (χ0n) is 12.9. The van der Waals surface area contributed by atoms with Gasteiger partial charge in [-0.2, -0.15) is 0 Å². The molecule has 0 aliphatic carbocycles. The van der Waals surface area contributed by atoms with Crippen molar-refractivity contribution < 1.29 is 14.2 Å². The average Bonchev–Trinajstić information content (AvgIpc) is 2.99. The number of pyridine rings is 1. The van der Waals surface area contributed by atoms with Crippen molar-refractivity contribution in [2.45, 2.75) is 6.42 Å². The zero-order valence-corrected chi connectivity index (χ0v) is 12.9. The first-order valence-electron chi connectivity index (χ1n) is 7.38. The number of anilines is 1. The molecular weight excluding hydrogens is 294 g/mol. The van der Waals surface area contributed by atoms with E-state index in [4.69, 9.17) is 19.9 Å². The monoisotopic (exact) mass is 313 g/mol. The third-order valence-corrected chi connectivity index (χ3v) is 3.35. The van der Waals surface area contributed by atoms with Crippen LogP contribution in [-0.4, -0.2) is 30.3 Å². The van der Waals surface area contributed by atoms with Gasteiger partial charge in [0.05, 0.1) is 6.61 Å². The molecule has 6 heteroatoms. The highest BCUT2D eigenvalue weighted by Crippen LogP contribution is 2.35. The van der Waals surface area contributed by atoms with Crippen molar-refractivity contribution in [3.05, 3.63) is 42.7 Å². The molecular formula is C17H19N3O3. The molecule has 0 spiro atoms. The van der Waals surface area contributed by atoms with Crippen LogP contribution in [0.25, 0.3) is 10.9 Å². The minimum Gasteiger partial charge on any atom is -0.490 e. The van der Waals surface area contributed by atoms with Crippen LogP contribution in [0.5, 0.6) is 17.2 Å². The second-order valence-corrected chi connectivity index (χ2v) is 5.08. The summed E-state index contributed by atoms with van der Waals surface area (Å²) in [5.41, 5.74) is 6.69. The van der Waals surface area contributed by atoms with E-state index in [1.807, 2.05) is 24.4 Å². The number of ether oxygens (including phenoxy) is 3. The van der Waals surface area contributed by atoms with E-state index in [0.717, 1.165) is 17.3 Å². The first-order valence-corrected chi connectivity index (χ1v) is 7.38. The SMILES string of the molecule is COCCCOc1cc2[nH]ccc2cc1Oc1ccnc(N)c1. The Hall–Kier alpha value is -2.73. The van der Waals surface area contributed by atoms with Gasteiger partial charge in [-0.3, -0.25) is 0 Å². The minimum atomic E-state index is 0.410. The lowest BCUT2D eigenvalue weighted by Crippen LogP contribution is -2.02. The molecule has 6 nitrogen and oxygen atoms in total. The molecule has 0 bridgehead atoms. The van der Waals surface area contributed by atoms with Gasteiger partial charge in [0.15, 0.2) is 11.5 Å². The number of aromatic nitrogens is 2. The molecule has 0 radical (unpaired) electrons. The van der Waals surface area contributed by atoms with Crippen LogP contribution >= 0.6 is 0 Å². The third-order valence-electron chi connectivity index (χ3n) is 3.35. The van der Waals surface area contributed by atoms with Crippen molar-refractivity contribution in [1.29, 1.82) is 0 Å². The van der Waals surface area contributed by atoms with Gasteiger partial charge in [0.25, 0.3) is 0 Å². The van der Waals surface area contributed by atoms with E-state index in [9.17, 15) is 0 Å². The minimum absolute atomic E-state index is 0.410. The summed E-state index contributed by atoms with van der Waals surface area (Å²) in [7, 11) is 1.67. The maximum absolute atomic E-state index is 5.93. The van der Waals surface area contributed by atoms with E-state index in [0.29, 0.717) is 36.3 Å². The van der Waals surface area contributed by atoms with E-state index >= 15 is 0 Å². The molecule has 23 heavy (non-hydrogen) atoms. The van der Waals surface area contributed by atoms with Crippen LogP contribution in [0, 0.1) is 0 Å². The fourth-order valence-electron chi connectivity index (χ4n) is 2.26. The van der Waals surface area contributed by atoms with Crippen LogP contribution in [0.2, 0.25) is 0 Å². The summed E-state index contributed by atoms with van der Waals surface area (Å²) in [5.74, 6) is 2.34. The Labute approximate surface area is 134 Å². The van der Waals surface area contributed by atoms with E-state index in [1.54, 1.807) is 25.4 Å². The van der Waals surface area contributed by atoms with Gasteiger partial charge in [0, 0.05) is 55.6 Å². The highest BCUT2D eigenvalue weighted by atomic mass is 16.5. The quantitative estimate of drug-likeness (QED) is 0.654. The predicted octanol–water partition coefficient (Wildman–Crippen LogP) is 3.35. The van der Waals surface area contributed by atoms with Crippen LogP contribution in [0.15, 0.2) is 42.7 Å². The number of nitrogens with two attached hydrogens (primary N) is 1. The number of nitrogen functional groups attached to an aromatic ring is 1. The Morgan fingerprint density at radius 3 is 2.87 bits per heavy atom. The Bertz CT molecular complexity index is 786. The lowest BCUT2D eigenvalue weighted by molar-refractivity contribution is 0.171. The summed E-state index contributed by atoms with van der Waals surface area (Å²) in [6, 6.07) is 9.29. The number of H-pyrrole nitrogens is 1. The van der Waals surface area contributed by atoms with Crippen LogP contribution in [0.4, 0.5) is 5.82 Å². The van der Waals surface area contributed by atoms with Gasteiger partial charge in [-0.25, -0.2) is 4.98 Å². The molecule has 0 saturated heterocycles. The van der Waals surface area contributed by atoms with E-state index in [-0.39, 0.29) is 0 Å². The molecule has 3 aromatic rings. The van der Waals surface area contributed by atoms with Gasteiger partial charge < -0.3 is 24.9 Å². The van der Waals surface area contributed by atoms with Crippen molar-refractivity contribution in [3.63, 3.8) is 0 Å². The number of fused-ring (bicyclic) bond motifs is 1. The van der Waals surface area contributed by atoms with Crippen molar-refractivity contribution >= 4 is 16.7 Å². The zero-order chi connectivity index (χ0) is 16.1. The van der Waals surface area contributed by atoms with E-state index < -0.39 is 0 Å². The fourth-order valence-corrected chi connectivity index (χ4v) is 2.26. The Morgan fingerprint density at radius 1 is 1.13 bits per heavy atom. The number of hydrogen-bond donors (Lipinski definition) is 2. The second kappa shape index (κ2) is 7.02. The summed E-state index contributed by atoms with van der Waals surface area (Å²) in [5, 5.41) is 1.05. The van der Waals surface area contributed by atoms with E-state index in [2.05, 4.69) is 9.97 Å². The molecule has 0 aliphatic rings. The van der Waals surface area contributed by atoms with Gasteiger partial charge in [0.2, 0.25) is 0 Å². The number of hydrogen-bond acceptors (Lipinski definition) is 5. The number of aromatic amines is 1. The highest BCUT2D eigenvalue weighted by Gasteiger charge is 2.10. The number of methoxy groups -OCH3 is 1. The molecule has 0 aliphatic heterocycles. The maximum Gasteiger partial charge on any atom is 0.170 e. The van der Waals surface area contributed by atoms with Crippen molar-refractivity contribution in [3.8, 4) is 17.2 Å². The number of nitrogens with one attached hydrogen (secondary N) is 1. The number of rotatable bonds is 7. The summed E-state index contributed by atoms with van der Waals surface area (Å²) < 4.78 is 16.8. The van der Waals surface area contributed by atoms with Gasteiger partial charge in [-0.15, -0.1) is 0 Å². The molecule has 0 saturated carbocycles. The number of nitrogens with zero attached hydrogens (tertiary/aromatic N) is 1. The first-order chi connectivity index (χ1) is 11.3. The van der Waals surface area contributed by atoms with Crippen LogP contribution in [-0.2, 0) is 4.74 Å². The van der Waals surface area contributed by atoms with Crippen molar-refractivity contribution in [2.24, 2.45) is 0 Å². The summed E-state index contributed by atoms with van der Waals surface area (Å²) >= 11 is 0. The molecule has 0 atom stereocenters. The fraction of sp³-hybridized carbons (Fsp3) is 0.235. The molecule has 0 fully saturated rings. The molecule has 2 aromatic heterocycles. The first kappa shape index (κ1) is 15.2. The Kier molecular flexibility index (Phi) is 4.63. The summed E-state index contributed by atoms with van der Waals surface area (Å²) in [4.78, 5) is 7.13. The maximum atomic E-state index is 5.93. The number of benzene rings is 1. The van der Waals surface area contributed by atoms with Gasteiger partial charge in [0.1, 0.15) is 11.6 Å². The van der Waals surface area contributed by atoms with Gasteiger partial charge in [-0.05, 0) is 18.2 Å². The second-order valence-electron chi connectivity index (χ2n) is 5.08. The van der Waals surface area contributed by atoms with E-state index in [1.165, 1.54) is 0 Å². The molecule has 3 rings (SSSR count). The lowest BCUT2D eigenvalue weighted by Gasteiger charge is -2.13. The topological polar surface area (TPSA) is 82.4 Å². The molecule has 120 valence electrons. The standard InChI is InChI=1S/C17H19N3O3/c1-21-7-2-8-22-15-11-14-12(3-5-19-14)9-16(15)23-13-4-6-20-17(18)10-13/h3-6,9-11,19H,2,7-8H2,1H3,(H2,18,20). The van der Waals surface area contributed by atoms with Crippen LogP contribution in [0.1, 0.15) is 6.42 Å². The smallest absolute Gasteiger partial charge is 0.170 e. The largest absolute Gasteiger partial charge is 0.490 e. The van der Waals surface area contributed by atoms with Crippen LogP contribution < -0.4 is 15.2 Å². The van der Waals surface area contributed by atoms with Gasteiger partial charge >= 0.3 is 0 Å². The summed E-state index contributed by atoms with van der Waals surface area (Å²) in [6.45, 7) is 1.21. The lowest BCUT2D eigenvalue weighted by atomic mass is 10.2. The van der Waals surface area contributed by atoms with Gasteiger partial charge in [-0.1, -0.05) is 0 Å². The Balaban J connectivity index is 1.86. The normalized spacial score (nSPS) is 10.8. The average molecular weight is 313 g/mol. The third kappa shape index (κ3) is 3.73. The molecule has 2 heterocycles. The molecule has 0 unspecified atom stereocenters. The molecule has 1 aromatic carbocycles. The highest BCUT2D eigenvalue weighted by molar-refractivity contribution is 5.83. The van der Waals surface area contributed by atoms with Crippen molar-refractivity contribution in [1.82, 2.24) is 9.97 Å². The summed E-state index contributed by atoms with van der Waals surface area (Å²) in [6.07, 6.45) is 4.30. The van der Waals surface area contributed by atoms with Crippen LogP contribution in [0.3, 0.4) is 0 Å². The Morgan fingerprint density at radius 2 is 2.04 bits per heavy atom. The van der Waals surface area contributed by atoms with Crippen molar-refractivity contribution in [2.75, 3.05) is 26.1 Å². The predicted molar refractivity (Wildman–Crippen MR) is 89.0 cm³/mol.